The number of allylic oxidation sites excluding steroid dienone is 1. The maximum absolute atomic E-state index is 13.1. The second-order valence-electron chi connectivity index (χ2n) is 7.22. The van der Waals surface area contributed by atoms with E-state index >= 15 is 0 Å². The number of rotatable bonds is 7. The van der Waals surface area contributed by atoms with Crippen molar-refractivity contribution in [2.45, 2.75) is 26.3 Å². The molecule has 3 rings (SSSR count). The van der Waals surface area contributed by atoms with E-state index in [2.05, 4.69) is 67.7 Å². The van der Waals surface area contributed by atoms with Gasteiger partial charge in [0, 0.05) is 6.54 Å². The third-order valence-electron chi connectivity index (χ3n) is 4.95. The number of aryl methyl sites for hydroxylation is 1. The molecule has 0 aliphatic carbocycles. The summed E-state index contributed by atoms with van der Waals surface area (Å²) in [6.07, 6.45) is 4.22. The van der Waals surface area contributed by atoms with Crippen LogP contribution in [-0.4, -0.2) is 5.91 Å². The molecule has 0 spiro atoms. The first-order chi connectivity index (χ1) is 13.6. The molecular formula is C26H27NO. The average molecular weight is 370 g/mol. The molecule has 0 fully saturated rings. The zero-order valence-corrected chi connectivity index (χ0v) is 16.5. The predicted molar refractivity (Wildman–Crippen MR) is 117 cm³/mol. The molecular weight excluding hydrogens is 342 g/mol. The number of hydrogen-bond acceptors (Lipinski definition) is 1. The summed E-state index contributed by atoms with van der Waals surface area (Å²) in [5, 5.41) is 3.12. The number of hydrogen-bond donors (Lipinski definition) is 1. The van der Waals surface area contributed by atoms with E-state index in [1.54, 1.807) is 0 Å². The first-order valence-corrected chi connectivity index (χ1v) is 9.75. The van der Waals surface area contributed by atoms with Gasteiger partial charge in [0.15, 0.2) is 0 Å². The van der Waals surface area contributed by atoms with Gasteiger partial charge in [-0.1, -0.05) is 110 Å². The Kier molecular flexibility index (Phi) is 6.80. The molecule has 28 heavy (non-hydrogen) atoms. The maximum Gasteiger partial charge on any atom is 0.228 e. The Morgan fingerprint density at radius 2 is 1.50 bits per heavy atom. The van der Waals surface area contributed by atoms with Gasteiger partial charge in [0.1, 0.15) is 0 Å². The second-order valence-corrected chi connectivity index (χ2v) is 7.22. The molecule has 0 heterocycles. The molecule has 142 valence electrons. The first-order valence-electron chi connectivity index (χ1n) is 9.75. The van der Waals surface area contributed by atoms with Crippen LogP contribution < -0.4 is 5.32 Å². The summed E-state index contributed by atoms with van der Waals surface area (Å²) < 4.78 is 0. The predicted octanol–water partition coefficient (Wildman–Crippen LogP) is 5.74. The molecule has 2 atom stereocenters. The molecule has 3 aromatic carbocycles. The molecule has 0 aliphatic rings. The first kappa shape index (κ1) is 19.6. The second kappa shape index (κ2) is 9.70. The van der Waals surface area contributed by atoms with Gasteiger partial charge in [-0.2, -0.15) is 0 Å². The molecule has 0 radical (unpaired) electrons. The van der Waals surface area contributed by atoms with Crippen molar-refractivity contribution in [1.82, 2.24) is 5.32 Å². The lowest BCUT2D eigenvalue weighted by Gasteiger charge is -2.22. The standard InChI is InChI=1S/C26H27NO/c1-20-13-17-24(18-14-20)25(21(2)15-16-22-9-5-3-6-10-22)26(28)27-19-23-11-7-4-8-12-23/h3-18,21,25H,19H2,1-2H3,(H,27,28)/b16-15+. The minimum absolute atomic E-state index is 0.0536. The lowest BCUT2D eigenvalue weighted by molar-refractivity contribution is -0.123. The Bertz CT molecular complexity index is 898. The normalized spacial score (nSPS) is 13.2. The fraction of sp³-hybridized carbons (Fsp3) is 0.192. The summed E-state index contributed by atoms with van der Waals surface area (Å²) in [5.74, 6) is -0.110. The van der Waals surface area contributed by atoms with E-state index in [1.165, 1.54) is 5.56 Å². The third kappa shape index (κ3) is 5.43. The van der Waals surface area contributed by atoms with Crippen molar-refractivity contribution in [3.63, 3.8) is 0 Å². The molecule has 0 saturated carbocycles. The van der Waals surface area contributed by atoms with Gasteiger partial charge in [0.05, 0.1) is 5.92 Å². The van der Waals surface area contributed by atoms with Crippen LogP contribution in [0, 0.1) is 12.8 Å². The van der Waals surface area contributed by atoms with Crippen LogP contribution >= 0.6 is 0 Å². The fourth-order valence-electron chi connectivity index (χ4n) is 3.30. The van der Waals surface area contributed by atoms with E-state index in [0.29, 0.717) is 6.54 Å². The molecule has 0 aliphatic heterocycles. The van der Waals surface area contributed by atoms with Gasteiger partial charge in [-0.15, -0.1) is 0 Å². The molecule has 0 aromatic heterocycles. The Hall–Kier alpha value is -3.13. The summed E-state index contributed by atoms with van der Waals surface area (Å²) in [7, 11) is 0. The Morgan fingerprint density at radius 1 is 0.893 bits per heavy atom. The molecule has 0 saturated heterocycles. The van der Waals surface area contributed by atoms with Crippen LogP contribution in [0.2, 0.25) is 0 Å². The van der Waals surface area contributed by atoms with Crippen molar-refractivity contribution >= 4 is 12.0 Å². The largest absolute Gasteiger partial charge is 0.351 e. The molecule has 0 bridgehead atoms. The van der Waals surface area contributed by atoms with Crippen LogP contribution in [0.5, 0.6) is 0 Å². The third-order valence-corrected chi connectivity index (χ3v) is 4.95. The van der Waals surface area contributed by atoms with Crippen molar-refractivity contribution in [1.29, 1.82) is 0 Å². The number of benzene rings is 3. The zero-order valence-electron chi connectivity index (χ0n) is 16.5. The summed E-state index contributed by atoms with van der Waals surface area (Å²) in [6, 6.07) is 28.5. The van der Waals surface area contributed by atoms with Gasteiger partial charge in [0.25, 0.3) is 0 Å². The van der Waals surface area contributed by atoms with E-state index in [4.69, 9.17) is 0 Å². The molecule has 1 amide bonds. The Balaban J connectivity index is 1.78. The smallest absolute Gasteiger partial charge is 0.228 e. The van der Waals surface area contributed by atoms with Crippen LogP contribution in [-0.2, 0) is 11.3 Å². The number of carbonyl (C=O) groups excluding carboxylic acids is 1. The van der Waals surface area contributed by atoms with Crippen molar-refractivity contribution in [2.75, 3.05) is 0 Å². The zero-order chi connectivity index (χ0) is 19.8. The maximum atomic E-state index is 13.1. The topological polar surface area (TPSA) is 29.1 Å². The minimum Gasteiger partial charge on any atom is -0.351 e. The van der Waals surface area contributed by atoms with Gasteiger partial charge in [0.2, 0.25) is 5.91 Å². The minimum atomic E-state index is -0.232. The molecule has 2 heteroatoms. The molecule has 2 nitrogen and oxygen atoms in total. The van der Waals surface area contributed by atoms with Crippen molar-refractivity contribution in [3.05, 3.63) is 113 Å². The highest BCUT2D eigenvalue weighted by molar-refractivity contribution is 5.84. The van der Waals surface area contributed by atoms with Gasteiger partial charge < -0.3 is 5.32 Å². The van der Waals surface area contributed by atoms with Crippen molar-refractivity contribution in [2.24, 2.45) is 5.92 Å². The van der Waals surface area contributed by atoms with E-state index < -0.39 is 0 Å². The number of amides is 1. The van der Waals surface area contributed by atoms with E-state index in [1.807, 2.05) is 48.5 Å². The molecule has 2 unspecified atom stereocenters. The molecule has 1 N–H and O–H groups in total. The Labute approximate surface area is 167 Å². The van der Waals surface area contributed by atoms with Gasteiger partial charge in [-0.25, -0.2) is 0 Å². The van der Waals surface area contributed by atoms with Gasteiger partial charge >= 0.3 is 0 Å². The fourth-order valence-corrected chi connectivity index (χ4v) is 3.30. The summed E-state index contributed by atoms with van der Waals surface area (Å²) >= 11 is 0. The number of nitrogens with one attached hydrogen (secondary N) is 1. The van der Waals surface area contributed by atoms with Crippen LogP contribution in [0.4, 0.5) is 0 Å². The monoisotopic (exact) mass is 369 g/mol. The van der Waals surface area contributed by atoms with Crippen molar-refractivity contribution in [3.8, 4) is 0 Å². The number of carbonyl (C=O) groups is 1. The summed E-state index contributed by atoms with van der Waals surface area (Å²) in [6.45, 7) is 4.70. The average Bonchev–Trinajstić information content (AvgIpc) is 2.74. The lowest BCUT2D eigenvalue weighted by atomic mass is 9.85. The SMILES string of the molecule is Cc1ccc(C(C(=O)NCc2ccccc2)C(C)/C=C/c2ccccc2)cc1. The molecule has 3 aromatic rings. The van der Waals surface area contributed by atoms with Gasteiger partial charge in [-0.3, -0.25) is 4.79 Å². The highest BCUT2D eigenvalue weighted by Gasteiger charge is 2.25. The Morgan fingerprint density at radius 3 is 2.14 bits per heavy atom. The van der Waals surface area contributed by atoms with Crippen LogP contribution in [0.15, 0.2) is 91.0 Å². The van der Waals surface area contributed by atoms with E-state index in [0.717, 1.165) is 16.7 Å². The van der Waals surface area contributed by atoms with Gasteiger partial charge in [-0.05, 0) is 29.5 Å². The quantitative estimate of drug-likeness (QED) is 0.565. The van der Waals surface area contributed by atoms with Crippen LogP contribution in [0.25, 0.3) is 6.08 Å². The van der Waals surface area contributed by atoms with Crippen molar-refractivity contribution < 1.29 is 4.79 Å². The highest BCUT2D eigenvalue weighted by Crippen LogP contribution is 2.27. The van der Waals surface area contributed by atoms with Crippen LogP contribution in [0.3, 0.4) is 0 Å². The highest BCUT2D eigenvalue weighted by atomic mass is 16.1. The summed E-state index contributed by atoms with van der Waals surface area (Å²) in [5.41, 5.74) is 4.48. The lowest BCUT2D eigenvalue weighted by Crippen LogP contribution is -2.32. The summed E-state index contributed by atoms with van der Waals surface area (Å²) in [4.78, 5) is 13.1. The van der Waals surface area contributed by atoms with Crippen LogP contribution in [0.1, 0.15) is 35.1 Å². The van der Waals surface area contributed by atoms with E-state index in [-0.39, 0.29) is 17.7 Å². The van der Waals surface area contributed by atoms with E-state index in [9.17, 15) is 4.79 Å².